The molecule has 2 unspecified atom stereocenters. The molecule has 0 bridgehead atoms. The highest BCUT2D eigenvalue weighted by Crippen LogP contribution is 2.26. The minimum Gasteiger partial charge on any atom is -0.487 e. The van der Waals surface area contributed by atoms with E-state index in [0.29, 0.717) is 12.3 Å². The molecule has 0 saturated heterocycles. The second-order valence-electron chi connectivity index (χ2n) is 5.14. The van der Waals surface area contributed by atoms with Crippen molar-refractivity contribution in [2.75, 3.05) is 7.05 Å². The highest BCUT2D eigenvalue weighted by Gasteiger charge is 2.24. The Morgan fingerprint density at radius 2 is 2.11 bits per heavy atom. The van der Waals surface area contributed by atoms with E-state index in [-0.39, 0.29) is 11.9 Å². The van der Waals surface area contributed by atoms with Gasteiger partial charge in [-0.05, 0) is 44.5 Å². The molecular formula is C15H22FNO2. The summed E-state index contributed by atoms with van der Waals surface area (Å²) in [7, 11) is 1.81. The molecular weight excluding hydrogens is 245 g/mol. The number of rotatable bonds is 4. The van der Waals surface area contributed by atoms with E-state index in [0.717, 1.165) is 37.7 Å². The zero-order valence-electron chi connectivity index (χ0n) is 11.4. The van der Waals surface area contributed by atoms with Crippen LogP contribution in [0.1, 0.15) is 37.7 Å². The number of hydrogen-bond acceptors (Lipinski definition) is 3. The first-order valence-corrected chi connectivity index (χ1v) is 6.98. The molecule has 2 N–H and O–H groups in total. The quantitative estimate of drug-likeness (QED) is 0.824. The fourth-order valence-electron chi connectivity index (χ4n) is 2.55. The van der Waals surface area contributed by atoms with Crippen LogP contribution in [0.3, 0.4) is 0 Å². The number of nitrogens with one attached hydrogen (secondary N) is 1. The molecule has 0 heterocycles. The molecule has 19 heavy (non-hydrogen) atoms. The lowest BCUT2D eigenvalue weighted by atomic mass is 10.1. The van der Waals surface area contributed by atoms with Gasteiger partial charge in [0.05, 0.1) is 6.10 Å². The van der Waals surface area contributed by atoms with Gasteiger partial charge < -0.3 is 15.2 Å². The van der Waals surface area contributed by atoms with Crippen molar-refractivity contribution < 1.29 is 14.2 Å². The topological polar surface area (TPSA) is 41.5 Å². The predicted octanol–water partition coefficient (Wildman–Crippen LogP) is 2.62. The molecule has 1 aliphatic carbocycles. The summed E-state index contributed by atoms with van der Waals surface area (Å²) in [6.45, 7) is 0.551. The summed E-state index contributed by atoms with van der Waals surface area (Å²) in [5.74, 6) is 0.403. The molecule has 1 saturated carbocycles. The Bertz CT molecular complexity index is 411. The van der Waals surface area contributed by atoms with Crippen molar-refractivity contribution in [1.29, 1.82) is 0 Å². The number of hydrogen-bond donors (Lipinski definition) is 2. The molecule has 0 spiro atoms. The lowest BCUT2D eigenvalue weighted by molar-refractivity contribution is 0.0313. The van der Waals surface area contributed by atoms with Gasteiger partial charge in [-0.25, -0.2) is 4.39 Å². The summed E-state index contributed by atoms with van der Waals surface area (Å²) >= 11 is 0. The summed E-state index contributed by atoms with van der Waals surface area (Å²) in [6, 6.07) is 4.53. The first kappa shape index (κ1) is 14.3. The van der Waals surface area contributed by atoms with E-state index in [4.69, 9.17) is 4.74 Å². The average Bonchev–Trinajstić information content (AvgIpc) is 2.58. The molecule has 0 aromatic heterocycles. The fourth-order valence-corrected chi connectivity index (χ4v) is 2.55. The van der Waals surface area contributed by atoms with Crippen molar-refractivity contribution in [2.24, 2.45) is 0 Å². The Hall–Kier alpha value is -1.13. The SMILES string of the molecule is CNCc1cc(F)ccc1OC1CCCCCC1O. The molecule has 4 heteroatoms. The van der Waals surface area contributed by atoms with Crippen LogP contribution in [-0.4, -0.2) is 24.4 Å². The molecule has 1 aromatic rings. The molecule has 1 aliphatic rings. The molecule has 0 radical (unpaired) electrons. The number of halogens is 1. The van der Waals surface area contributed by atoms with Crippen LogP contribution in [-0.2, 0) is 6.54 Å². The molecule has 2 atom stereocenters. The minimum absolute atomic E-state index is 0.177. The zero-order chi connectivity index (χ0) is 13.7. The largest absolute Gasteiger partial charge is 0.487 e. The van der Waals surface area contributed by atoms with Crippen molar-refractivity contribution in [3.8, 4) is 5.75 Å². The summed E-state index contributed by atoms with van der Waals surface area (Å²) in [5.41, 5.74) is 0.791. The van der Waals surface area contributed by atoms with Crippen LogP contribution < -0.4 is 10.1 Å². The number of benzene rings is 1. The van der Waals surface area contributed by atoms with Gasteiger partial charge in [-0.1, -0.05) is 12.8 Å². The third-order valence-electron chi connectivity index (χ3n) is 3.59. The summed E-state index contributed by atoms with van der Waals surface area (Å²) in [6.07, 6.45) is 4.31. The van der Waals surface area contributed by atoms with Crippen molar-refractivity contribution in [3.05, 3.63) is 29.6 Å². The third kappa shape index (κ3) is 3.91. The van der Waals surface area contributed by atoms with Crippen molar-refractivity contribution in [1.82, 2.24) is 5.32 Å². The van der Waals surface area contributed by atoms with Crippen LogP contribution in [0.25, 0.3) is 0 Å². The predicted molar refractivity (Wildman–Crippen MR) is 72.7 cm³/mol. The van der Waals surface area contributed by atoms with Crippen molar-refractivity contribution in [3.63, 3.8) is 0 Å². The number of aliphatic hydroxyl groups excluding tert-OH is 1. The smallest absolute Gasteiger partial charge is 0.124 e. The molecule has 0 amide bonds. The van der Waals surface area contributed by atoms with Gasteiger partial charge in [0.15, 0.2) is 0 Å². The fraction of sp³-hybridized carbons (Fsp3) is 0.600. The minimum atomic E-state index is -0.421. The lowest BCUT2D eigenvalue weighted by Crippen LogP contribution is -2.31. The molecule has 0 aliphatic heterocycles. The van der Waals surface area contributed by atoms with E-state index in [9.17, 15) is 9.50 Å². The second-order valence-corrected chi connectivity index (χ2v) is 5.14. The van der Waals surface area contributed by atoms with Gasteiger partial charge in [-0.2, -0.15) is 0 Å². The molecule has 2 rings (SSSR count). The second kappa shape index (κ2) is 6.87. The third-order valence-corrected chi connectivity index (χ3v) is 3.59. The van der Waals surface area contributed by atoms with E-state index in [1.54, 1.807) is 6.07 Å². The Labute approximate surface area is 113 Å². The van der Waals surface area contributed by atoms with Gasteiger partial charge in [0.2, 0.25) is 0 Å². The molecule has 3 nitrogen and oxygen atoms in total. The van der Waals surface area contributed by atoms with Gasteiger partial charge in [0.25, 0.3) is 0 Å². The maximum absolute atomic E-state index is 13.3. The van der Waals surface area contributed by atoms with Gasteiger partial charge >= 0.3 is 0 Å². The van der Waals surface area contributed by atoms with E-state index < -0.39 is 6.10 Å². The first-order chi connectivity index (χ1) is 9.20. The summed E-state index contributed by atoms with van der Waals surface area (Å²) in [5, 5.41) is 13.1. The van der Waals surface area contributed by atoms with E-state index >= 15 is 0 Å². The van der Waals surface area contributed by atoms with Crippen LogP contribution in [0.5, 0.6) is 5.75 Å². The average molecular weight is 267 g/mol. The normalized spacial score (nSPS) is 23.9. The van der Waals surface area contributed by atoms with Crippen molar-refractivity contribution >= 4 is 0 Å². The summed E-state index contributed by atoms with van der Waals surface area (Å²) in [4.78, 5) is 0. The van der Waals surface area contributed by atoms with Gasteiger partial charge in [0.1, 0.15) is 17.7 Å². The first-order valence-electron chi connectivity index (χ1n) is 6.98. The Balaban J connectivity index is 2.12. The van der Waals surface area contributed by atoms with E-state index in [1.807, 2.05) is 7.05 Å². The molecule has 106 valence electrons. The zero-order valence-corrected chi connectivity index (χ0v) is 11.4. The standard InChI is InChI=1S/C15H22FNO2/c1-17-10-11-9-12(16)7-8-14(11)19-15-6-4-2-3-5-13(15)18/h7-9,13,15,17-18H,2-6,10H2,1H3. The number of aliphatic hydroxyl groups is 1. The highest BCUT2D eigenvalue weighted by atomic mass is 19.1. The van der Waals surface area contributed by atoms with Crippen LogP contribution in [0.2, 0.25) is 0 Å². The molecule has 1 fully saturated rings. The maximum atomic E-state index is 13.3. The van der Waals surface area contributed by atoms with Gasteiger partial charge in [-0.3, -0.25) is 0 Å². The monoisotopic (exact) mass is 267 g/mol. The van der Waals surface area contributed by atoms with E-state index in [1.165, 1.54) is 12.1 Å². The Kier molecular flexibility index (Phi) is 5.16. The van der Waals surface area contributed by atoms with Crippen LogP contribution in [0.15, 0.2) is 18.2 Å². The van der Waals surface area contributed by atoms with Gasteiger partial charge in [0, 0.05) is 12.1 Å². The van der Waals surface area contributed by atoms with Crippen LogP contribution in [0.4, 0.5) is 4.39 Å². The Morgan fingerprint density at radius 1 is 1.32 bits per heavy atom. The van der Waals surface area contributed by atoms with Crippen LogP contribution in [0, 0.1) is 5.82 Å². The summed E-state index contributed by atoms with van der Waals surface area (Å²) < 4.78 is 19.2. The molecule has 1 aromatic carbocycles. The highest BCUT2D eigenvalue weighted by molar-refractivity contribution is 5.34. The Morgan fingerprint density at radius 3 is 2.89 bits per heavy atom. The number of ether oxygens (including phenoxy) is 1. The van der Waals surface area contributed by atoms with Crippen LogP contribution >= 0.6 is 0 Å². The maximum Gasteiger partial charge on any atom is 0.124 e. The van der Waals surface area contributed by atoms with Gasteiger partial charge in [-0.15, -0.1) is 0 Å². The lowest BCUT2D eigenvalue weighted by Gasteiger charge is -2.23. The van der Waals surface area contributed by atoms with Crippen molar-refractivity contribution in [2.45, 2.75) is 50.9 Å². The van der Waals surface area contributed by atoms with E-state index in [2.05, 4.69) is 5.32 Å².